The first-order valence-electron chi connectivity index (χ1n) is 6.00. The number of hydrogen-bond donors (Lipinski definition) is 2. The molecular weight excluding hydrogens is 188 g/mol. The van der Waals surface area contributed by atoms with Crippen LogP contribution in [0, 0.1) is 11.3 Å². The Labute approximate surface area is 92.8 Å². The fraction of sp³-hybridized carbons (Fsp3) is 0.917. The normalized spacial score (nSPS) is 18.9. The Hall–Kier alpha value is -0.570. The molecule has 1 unspecified atom stereocenters. The van der Waals surface area contributed by atoms with Gasteiger partial charge in [0.2, 0.25) is 5.91 Å². The number of rotatable bonds is 7. The molecule has 88 valence electrons. The maximum absolute atomic E-state index is 11.2. The van der Waals surface area contributed by atoms with Crippen molar-refractivity contribution in [1.82, 2.24) is 5.32 Å². The fourth-order valence-electron chi connectivity index (χ4n) is 1.79. The van der Waals surface area contributed by atoms with Crippen molar-refractivity contribution >= 4 is 5.91 Å². The molecular formula is C12H24N2O. The Kier molecular flexibility index (Phi) is 4.14. The number of hydrogen-bond acceptors (Lipinski definition) is 2. The van der Waals surface area contributed by atoms with Gasteiger partial charge < -0.3 is 11.1 Å². The molecule has 0 heterocycles. The quantitative estimate of drug-likeness (QED) is 0.674. The van der Waals surface area contributed by atoms with E-state index in [2.05, 4.69) is 12.2 Å². The minimum absolute atomic E-state index is 0.221. The van der Waals surface area contributed by atoms with Gasteiger partial charge in [-0.3, -0.25) is 4.79 Å². The molecule has 3 N–H and O–H groups in total. The summed E-state index contributed by atoms with van der Waals surface area (Å²) >= 11 is 0. The third-order valence-corrected chi connectivity index (χ3v) is 3.26. The lowest BCUT2D eigenvalue weighted by Crippen LogP contribution is -2.44. The number of primary amides is 1. The van der Waals surface area contributed by atoms with Crippen molar-refractivity contribution in [3.8, 4) is 0 Å². The van der Waals surface area contributed by atoms with Gasteiger partial charge >= 0.3 is 0 Å². The van der Waals surface area contributed by atoms with E-state index < -0.39 is 5.41 Å². The second-order valence-corrected chi connectivity index (χ2v) is 5.36. The number of carbonyl (C=O) groups is 1. The van der Waals surface area contributed by atoms with Crippen LogP contribution in [-0.2, 0) is 4.79 Å². The zero-order valence-electron chi connectivity index (χ0n) is 10.2. The summed E-state index contributed by atoms with van der Waals surface area (Å²) in [7, 11) is 0. The second kappa shape index (κ2) is 4.97. The number of nitrogens with two attached hydrogens (primary N) is 1. The van der Waals surface area contributed by atoms with Gasteiger partial charge in [0.05, 0.1) is 5.41 Å². The van der Waals surface area contributed by atoms with E-state index in [0.717, 1.165) is 5.92 Å². The fourth-order valence-corrected chi connectivity index (χ4v) is 1.79. The summed E-state index contributed by atoms with van der Waals surface area (Å²) < 4.78 is 0. The summed E-state index contributed by atoms with van der Waals surface area (Å²) in [5, 5.41) is 3.50. The van der Waals surface area contributed by atoms with Gasteiger partial charge in [-0.1, -0.05) is 13.3 Å². The van der Waals surface area contributed by atoms with Crippen molar-refractivity contribution in [3.05, 3.63) is 0 Å². The van der Waals surface area contributed by atoms with Crippen LogP contribution in [0.3, 0.4) is 0 Å². The van der Waals surface area contributed by atoms with E-state index in [4.69, 9.17) is 5.73 Å². The molecule has 0 bridgehead atoms. The highest BCUT2D eigenvalue weighted by Gasteiger charge is 2.32. The maximum atomic E-state index is 11.2. The molecule has 0 aromatic rings. The second-order valence-electron chi connectivity index (χ2n) is 5.36. The van der Waals surface area contributed by atoms with Gasteiger partial charge in [-0.05, 0) is 39.0 Å². The molecule has 0 spiro atoms. The standard InChI is InChI=1S/C12H24N2O/c1-4-5-10(9-6-7-9)14-8-12(2,3)11(13)15/h9-10,14H,4-8H2,1-3H3,(H2,13,15). The zero-order valence-corrected chi connectivity index (χ0v) is 10.2. The minimum atomic E-state index is -0.430. The van der Waals surface area contributed by atoms with E-state index in [0.29, 0.717) is 12.6 Å². The van der Waals surface area contributed by atoms with Crippen molar-refractivity contribution in [2.75, 3.05) is 6.54 Å². The molecule has 0 aliphatic heterocycles. The Balaban J connectivity index is 2.35. The van der Waals surface area contributed by atoms with E-state index in [1.807, 2.05) is 13.8 Å². The average Bonchev–Trinajstić information content (AvgIpc) is 2.95. The Bertz CT molecular complexity index is 222. The molecule has 0 radical (unpaired) electrons. The van der Waals surface area contributed by atoms with Crippen LogP contribution in [0.1, 0.15) is 46.5 Å². The van der Waals surface area contributed by atoms with Gasteiger partial charge in [0.15, 0.2) is 0 Å². The van der Waals surface area contributed by atoms with Crippen molar-refractivity contribution in [3.63, 3.8) is 0 Å². The van der Waals surface area contributed by atoms with E-state index in [-0.39, 0.29) is 5.91 Å². The lowest BCUT2D eigenvalue weighted by molar-refractivity contribution is -0.125. The summed E-state index contributed by atoms with van der Waals surface area (Å²) in [6.07, 6.45) is 5.09. The van der Waals surface area contributed by atoms with Crippen LogP contribution in [-0.4, -0.2) is 18.5 Å². The molecule has 1 amide bonds. The predicted molar refractivity (Wildman–Crippen MR) is 62.4 cm³/mol. The van der Waals surface area contributed by atoms with Crippen LogP contribution in [0.15, 0.2) is 0 Å². The monoisotopic (exact) mass is 212 g/mol. The smallest absolute Gasteiger partial charge is 0.224 e. The molecule has 1 rings (SSSR count). The van der Waals surface area contributed by atoms with Crippen LogP contribution < -0.4 is 11.1 Å². The van der Waals surface area contributed by atoms with Crippen molar-refractivity contribution < 1.29 is 4.79 Å². The Morgan fingerprint density at radius 1 is 1.53 bits per heavy atom. The van der Waals surface area contributed by atoms with E-state index in [1.54, 1.807) is 0 Å². The first-order chi connectivity index (χ1) is 6.97. The Morgan fingerprint density at radius 3 is 2.53 bits per heavy atom. The molecule has 15 heavy (non-hydrogen) atoms. The summed E-state index contributed by atoms with van der Waals surface area (Å²) in [4.78, 5) is 11.2. The summed E-state index contributed by atoms with van der Waals surface area (Å²) in [6.45, 7) is 6.70. The summed E-state index contributed by atoms with van der Waals surface area (Å²) in [5.41, 5.74) is 4.91. The average molecular weight is 212 g/mol. The van der Waals surface area contributed by atoms with Gasteiger partial charge in [-0.25, -0.2) is 0 Å². The third kappa shape index (κ3) is 3.82. The first kappa shape index (κ1) is 12.5. The molecule has 0 saturated heterocycles. The third-order valence-electron chi connectivity index (χ3n) is 3.26. The van der Waals surface area contributed by atoms with E-state index in [9.17, 15) is 4.79 Å². The van der Waals surface area contributed by atoms with Gasteiger partial charge in [-0.15, -0.1) is 0 Å². The highest BCUT2D eigenvalue weighted by atomic mass is 16.1. The number of nitrogens with one attached hydrogen (secondary N) is 1. The minimum Gasteiger partial charge on any atom is -0.369 e. The van der Waals surface area contributed by atoms with E-state index >= 15 is 0 Å². The summed E-state index contributed by atoms with van der Waals surface area (Å²) in [5.74, 6) is 0.620. The molecule has 0 aromatic heterocycles. The van der Waals surface area contributed by atoms with Crippen LogP contribution >= 0.6 is 0 Å². The number of amides is 1. The largest absolute Gasteiger partial charge is 0.369 e. The van der Waals surface area contributed by atoms with Crippen LogP contribution in [0.5, 0.6) is 0 Å². The zero-order chi connectivity index (χ0) is 11.5. The lowest BCUT2D eigenvalue weighted by atomic mass is 9.92. The van der Waals surface area contributed by atoms with Crippen LogP contribution in [0.2, 0.25) is 0 Å². The Morgan fingerprint density at radius 2 is 2.13 bits per heavy atom. The SMILES string of the molecule is CCCC(NCC(C)(C)C(N)=O)C1CC1. The highest BCUT2D eigenvalue weighted by Crippen LogP contribution is 2.34. The van der Waals surface area contributed by atoms with E-state index in [1.165, 1.54) is 25.7 Å². The van der Waals surface area contributed by atoms with Crippen LogP contribution in [0.25, 0.3) is 0 Å². The maximum Gasteiger partial charge on any atom is 0.224 e. The van der Waals surface area contributed by atoms with Crippen molar-refractivity contribution in [1.29, 1.82) is 0 Å². The lowest BCUT2D eigenvalue weighted by Gasteiger charge is -2.25. The molecule has 3 heteroatoms. The molecule has 3 nitrogen and oxygen atoms in total. The first-order valence-corrected chi connectivity index (χ1v) is 6.00. The molecule has 1 aliphatic carbocycles. The topological polar surface area (TPSA) is 55.1 Å². The van der Waals surface area contributed by atoms with Gasteiger partial charge in [-0.2, -0.15) is 0 Å². The highest BCUT2D eigenvalue weighted by molar-refractivity contribution is 5.80. The molecule has 1 atom stereocenters. The van der Waals surface area contributed by atoms with Crippen molar-refractivity contribution in [2.24, 2.45) is 17.1 Å². The van der Waals surface area contributed by atoms with Gasteiger partial charge in [0, 0.05) is 12.6 Å². The summed E-state index contributed by atoms with van der Waals surface area (Å²) in [6, 6.07) is 0.591. The number of carbonyl (C=O) groups excluding carboxylic acids is 1. The molecule has 1 fully saturated rings. The van der Waals surface area contributed by atoms with Crippen molar-refractivity contribution in [2.45, 2.75) is 52.5 Å². The molecule has 1 saturated carbocycles. The van der Waals surface area contributed by atoms with Gasteiger partial charge in [0.25, 0.3) is 0 Å². The van der Waals surface area contributed by atoms with Crippen LogP contribution in [0.4, 0.5) is 0 Å². The molecule has 0 aromatic carbocycles. The van der Waals surface area contributed by atoms with Gasteiger partial charge in [0.1, 0.15) is 0 Å². The predicted octanol–water partition coefficient (Wildman–Crippen LogP) is 1.67. The molecule has 1 aliphatic rings.